The zero-order chi connectivity index (χ0) is 16.0. The molecule has 1 aromatic rings. The minimum atomic E-state index is -1.32. The van der Waals surface area contributed by atoms with E-state index < -0.39 is 41.2 Å². The van der Waals surface area contributed by atoms with Gasteiger partial charge in [-0.25, -0.2) is 18.4 Å². The first kappa shape index (κ1) is 16.5. The van der Waals surface area contributed by atoms with Crippen LogP contribution in [0.25, 0.3) is 0 Å². The van der Waals surface area contributed by atoms with Crippen LogP contribution in [-0.2, 0) is 9.53 Å². The van der Waals surface area contributed by atoms with E-state index in [4.69, 9.17) is 4.74 Å². The van der Waals surface area contributed by atoms with Gasteiger partial charge < -0.3 is 10.1 Å². The number of hydrogen-bond donors (Lipinski definition) is 2. The number of imide groups is 1. The summed E-state index contributed by atoms with van der Waals surface area (Å²) in [7, 11) is 0. The Bertz CT molecular complexity index is 563. The maximum atomic E-state index is 13.4. The Hall–Kier alpha value is -2.51. The van der Waals surface area contributed by atoms with E-state index in [9.17, 15) is 23.2 Å². The molecule has 0 aliphatic rings. The predicted octanol–water partition coefficient (Wildman–Crippen LogP) is 1.36. The lowest BCUT2D eigenvalue weighted by atomic mass is 10.2. The van der Waals surface area contributed by atoms with Gasteiger partial charge >= 0.3 is 12.0 Å². The molecule has 0 fully saturated rings. The Balaban J connectivity index is 2.65. The monoisotopic (exact) mass is 300 g/mol. The quantitative estimate of drug-likeness (QED) is 0.822. The Morgan fingerprint density at radius 2 is 1.95 bits per heavy atom. The normalized spacial score (nSPS) is 11.4. The average Bonchev–Trinajstić information content (AvgIpc) is 2.38. The van der Waals surface area contributed by atoms with Gasteiger partial charge in [0.05, 0.1) is 5.56 Å². The first-order chi connectivity index (χ1) is 9.85. The van der Waals surface area contributed by atoms with Crippen LogP contribution in [0.3, 0.4) is 0 Å². The third-order valence-corrected chi connectivity index (χ3v) is 2.38. The Morgan fingerprint density at radius 1 is 1.29 bits per heavy atom. The van der Waals surface area contributed by atoms with Crippen molar-refractivity contribution in [2.24, 2.45) is 0 Å². The zero-order valence-corrected chi connectivity index (χ0v) is 11.4. The Morgan fingerprint density at radius 3 is 2.52 bits per heavy atom. The number of esters is 1. The first-order valence-corrected chi connectivity index (χ1v) is 6.09. The molecule has 0 aliphatic heterocycles. The van der Waals surface area contributed by atoms with Crippen molar-refractivity contribution in [3.8, 4) is 0 Å². The third kappa shape index (κ3) is 4.83. The highest BCUT2D eigenvalue weighted by atomic mass is 19.1. The summed E-state index contributed by atoms with van der Waals surface area (Å²) in [6.07, 6.45) is -1.32. The summed E-state index contributed by atoms with van der Waals surface area (Å²) in [5.74, 6) is -3.94. The molecule has 0 bridgehead atoms. The van der Waals surface area contributed by atoms with Crippen molar-refractivity contribution < 1.29 is 27.9 Å². The molecule has 1 unspecified atom stereocenters. The largest absolute Gasteiger partial charge is 0.449 e. The topological polar surface area (TPSA) is 84.5 Å². The second kappa shape index (κ2) is 7.32. The smallest absolute Gasteiger partial charge is 0.341 e. The lowest BCUT2D eigenvalue weighted by molar-refractivity contribution is -0.127. The van der Waals surface area contributed by atoms with E-state index in [1.54, 1.807) is 6.92 Å². The highest BCUT2D eigenvalue weighted by Gasteiger charge is 2.22. The van der Waals surface area contributed by atoms with E-state index in [0.717, 1.165) is 12.1 Å². The van der Waals surface area contributed by atoms with Gasteiger partial charge in [-0.15, -0.1) is 0 Å². The summed E-state index contributed by atoms with van der Waals surface area (Å²) in [5, 5.41) is 4.26. The van der Waals surface area contributed by atoms with Crippen LogP contribution in [0.15, 0.2) is 18.2 Å². The standard InChI is InChI=1S/C13H14F2N2O4/c1-3-16-13(20)17-11(18)7(2)21-12(19)9-5-4-8(14)6-10(9)15/h4-7H,3H2,1-2H3,(H2,16,17,18,20). The fourth-order valence-corrected chi connectivity index (χ4v) is 1.35. The molecule has 0 saturated heterocycles. The molecule has 3 amide bonds. The number of rotatable bonds is 4. The molecular formula is C13H14F2N2O4. The zero-order valence-electron chi connectivity index (χ0n) is 11.4. The molecule has 6 nitrogen and oxygen atoms in total. The van der Waals surface area contributed by atoms with Crippen LogP contribution >= 0.6 is 0 Å². The van der Waals surface area contributed by atoms with Crippen molar-refractivity contribution in [3.05, 3.63) is 35.4 Å². The lowest BCUT2D eigenvalue weighted by Crippen LogP contribution is -2.44. The predicted molar refractivity (Wildman–Crippen MR) is 68.5 cm³/mol. The fourth-order valence-electron chi connectivity index (χ4n) is 1.35. The highest BCUT2D eigenvalue weighted by Crippen LogP contribution is 2.11. The van der Waals surface area contributed by atoms with Crippen molar-refractivity contribution in [1.29, 1.82) is 0 Å². The number of carbonyl (C=O) groups is 3. The minimum absolute atomic E-state index is 0.314. The van der Waals surface area contributed by atoms with E-state index in [2.05, 4.69) is 5.32 Å². The molecule has 1 aromatic carbocycles. The molecule has 2 N–H and O–H groups in total. The number of halogens is 2. The fraction of sp³-hybridized carbons (Fsp3) is 0.308. The summed E-state index contributed by atoms with van der Waals surface area (Å²) in [5.41, 5.74) is -0.506. The molecule has 0 radical (unpaired) electrons. The van der Waals surface area contributed by atoms with Crippen LogP contribution in [-0.4, -0.2) is 30.6 Å². The van der Waals surface area contributed by atoms with Gasteiger partial charge in [0.1, 0.15) is 11.6 Å². The van der Waals surface area contributed by atoms with Crippen LogP contribution in [0.1, 0.15) is 24.2 Å². The second-order valence-electron chi connectivity index (χ2n) is 4.02. The van der Waals surface area contributed by atoms with Crippen molar-refractivity contribution in [2.75, 3.05) is 6.54 Å². The summed E-state index contributed by atoms with van der Waals surface area (Å²) in [6.45, 7) is 3.19. The number of carbonyl (C=O) groups excluding carboxylic acids is 3. The van der Waals surface area contributed by atoms with Crippen LogP contribution in [0.5, 0.6) is 0 Å². The number of amides is 3. The van der Waals surface area contributed by atoms with Gasteiger partial charge in [0.2, 0.25) is 0 Å². The number of benzene rings is 1. The number of urea groups is 1. The molecule has 8 heteroatoms. The highest BCUT2D eigenvalue weighted by molar-refractivity contribution is 5.98. The first-order valence-electron chi connectivity index (χ1n) is 6.09. The molecule has 0 heterocycles. The van der Waals surface area contributed by atoms with Gasteiger partial charge in [0.25, 0.3) is 5.91 Å². The van der Waals surface area contributed by atoms with Crippen molar-refractivity contribution >= 4 is 17.9 Å². The second-order valence-corrected chi connectivity index (χ2v) is 4.02. The molecule has 0 aliphatic carbocycles. The SMILES string of the molecule is CCNC(=O)NC(=O)C(C)OC(=O)c1ccc(F)cc1F. The average molecular weight is 300 g/mol. The Labute approximate surface area is 119 Å². The van der Waals surface area contributed by atoms with Crippen molar-refractivity contribution in [2.45, 2.75) is 20.0 Å². The molecular weight excluding hydrogens is 286 g/mol. The number of hydrogen-bond acceptors (Lipinski definition) is 4. The van der Waals surface area contributed by atoms with Crippen LogP contribution in [0.2, 0.25) is 0 Å². The van der Waals surface area contributed by atoms with Gasteiger partial charge in [0, 0.05) is 12.6 Å². The lowest BCUT2D eigenvalue weighted by Gasteiger charge is -2.13. The maximum Gasteiger partial charge on any atom is 0.341 e. The maximum absolute atomic E-state index is 13.4. The molecule has 0 aromatic heterocycles. The van der Waals surface area contributed by atoms with Gasteiger partial charge in [-0.2, -0.15) is 0 Å². The molecule has 21 heavy (non-hydrogen) atoms. The van der Waals surface area contributed by atoms with Gasteiger partial charge in [0.15, 0.2) is 6.10 Å². The summed E-state index contributed by atoms with van der Waals surface area (Å²) in [4.78, 5) is 34.3. The molecule has 1 atom stereocenters. The van der Waals surface area contributed by atoms with Crippen LogP contribution < -0.4 is 10.6 Å². The van der Waals surface area contributed by atoms with Crippen LogP contribution in [0.4, 0.5) is 13.6 Å². The van der Waals surface area contributed by atoms with Crippen molar-refractivity contribution in [1.82, 2.24) is 10.6 Å². The van der Waals surface area contributed by atoms with Gasteiger partial charge in [-0.1, -0.05) is 0 Å². The molecule has 114 valence electrons. The van der Waals surface area contributed by atoms with E-state index in [1.807, 2.05) is 5.32 Å². The van der Waals surface area contributed by atoms with Crippen molar-refractivity contribution in [3.63, 3.8) is 0 Å². The molecule has 0 saturated carbocycles. The minimum Gasteiger partial charge on any atom is -0.449 e. The van der Waals surface area contributed by atoms with E-state index in [1.165, 1.54) is 6.92 Å². The molecule has 0 spiro atoms. The summed E-state index contributed by atoms with van der Waals surface area (Å²) >= 11 is 0. The number of ether oxygens (including phenoxy) is 1. The molecule has 1 rings (SSSR count). The van der Waals surface area contributed by atoms with Gasteiger partial charge in [-0.05, 0) is 26.0 Å². The Kier molecular flexibility index (Phi) is 5.77. The van der Waals surface area contributed by atoms with Crippen LogP contribution in [0, 0.1) is 11.6 Å². The summed E-state index contributed by atoms with van der Waals surface area (Å²) < 4.78 is 30.8. The summed E-state index contributed by atoms with van der Waals surface area (Å²) in [6, 6.07) is 1.58. The third-order valence-electron chi connectivity index (χ3n) is 2.38. The van der Waals surface area contributed by atoms with Gasteiger partial charge in [-0.3, -0.25) is 10.1 Å². The van der Waals surface area contributed by atoms with E-state index in [-0.39, 0.29) is 0 Å². The van der Waals surface area contributed by atoms with E-state index >= 15 is 0 Å². The number of nitrogens with one attached hydrogen (secondary N) is 2. The van der Waals surface area contributed by atoms with E-state index in [0.29, 0.717) is 12.6 Å².